The lowest BCUT2D eigenvalue weighted by atomic mass is 10.2. The fraction of sp³-hybridized carbons (Fsp3) is 0.667. The normalized spacial score (nSPS) is 15.6. The zero-order chi connectivity index (χ0) is 14.0. The van der Waals surface area contributed by atoms with Gasteiger partial charge in [-0.25, -0.2) is 0 Å². The first-order valence-corrected chi connectivity index (χ1v) is 6.20. The molecule has 0 aromatic carbocycles. The smallest absolute Gasteiger partial charge is 0.338 e. The van der Waals surface area contributed by atoms with E-state index >= 15 is 0 Å². The standard InChI is InChI=1S/C12H16F3N3O/c1-17-8-10(6-16-17)11(19)18(7-9-2-3-9)5-4-12(13,14)15/h6,8-9H,2-5,7H2,1H3. The van der Waals surface area contributed by atoms with E-state index in [1.807, 2.05) is 0 Å². The summed E-state index contributed by atoms with van der Waals surface area (Å²) in [5.74, 6) is -0.0156. The molecule has 1 heterocycles. The van der Waals surface area contributed by atoms with E-state index in [-0.39, 0.29) is 12.5 Å². The van der Waals surface area contributed by atoms with Gasteiger partial charge in [0.1, 0.15) is 0 Å². The van der Waals surface area contributed by atoms with Gasteiger partial charge in [-0.05, 0) is 18.8 Å². The molecule has 0 unspecified atom stereocenters. The molecule has 19 heavy (non-hydrogen) atoms. The van der Waals surface area contributed by atoms with Gasteiger partial charge in [-0.1, -0.05) is 0 Å². The van der Waals surface area contributed by atoms with Crippen LogP contribution < -0.4 is 0 Å². The number of carbonyl (C=O) groups is 1. The highest BCUT2D eigenvalue weighted by Crippen LogP contribution is 2.31. The summed E-state index contributed by atoms with van der Waals surface area (Å²) in [6, 6.07) is 0. The van der Waals surface area contributed by atoms with Crippen molar-refractivity contribution >= 4 is 5.91 Å². The number of amides is 1. The van der Waals surface area contributed by atoms with Crippen molar-refractivity contribution in [2.75, 3.05) is 13.1 Å². The summed E-state index contributed by atoms with van der Waals surface area (Å²) in [6.45, 7) is 0.123. The second-order valence-corrected chi connectivity index (χ2v) is 4.96. The number of nitrogens with zero attached hydrogens (tertiary/aromatic N) is 3. The molecule has 1 saturated carbocycles. The number of alkyl halides is 3. The largest absolute Gasteiger partial charge is 0.390 e. The van der Waals surface area contributed by atoms with Crippen LogP contribution in [0.15, 0.2) is 12.4 Å². The van der Waals surface area contributed by atoms with Gasteiger partial charge in [-0.3, -0.25) is 9.48 Å². The number of hydrogen-bond donors (Lipinski definition) is 0. The molecule has 7 heteroatoms. The summed E-state index contributed by atoms with van der Waals surface area (Å²) in [5, 5.41) is 3.87. The summed E-state index contributed by atoms with van der Waals surface area (Å²) >= 11 is 0. The summed E-state index contributed by atoms with van der Waals surface area (Å²) in [5.41, 5.74) is 0.338. The average Bonchev–Trinajstić information content (AvgIpc) is 3.02. The van der Waals surface area contributed by atoms with Crippen LogP contribution in [0, 0.1) is 5.92 Å². The highest BCUT2D eigenvalue weighted by atomic mass is 19.4. The van der Waals surface area contributed by atoms with Crippen LogP contribution >= 0.6 is 0 Å². The van der Waals surface area contributed by atoms with E-state index in [0.29, 0.717) is 18.0 Å². The Morgan fingerprint density at radius 2 is 2.21 bits per heavy atom. The average molecular weight is 275 g/mol. The molecule has 0 bridgehead atoms. The second-order valence-electron chi connectivity index (χ2n) is 4.96. The Kier molecular flexibility index (Phi) is 3.82. The maximum atomic E-state index is 12.3. The molecule has 2 rings (SSSR count). The van der Waals surface area contributed by atoms with E-state index in [2.05, 4.69) is 5.10 Å². The number of aryl methyl sites for hydroxylation is 1. The first-order valence-electron chi connectivity index (χ1n) is 6.20. The fourth-order valence-electron chi connectivity index (χ4n) is 1.86. The molecule has 1 fully saturated rings. The van der Waals surface area contributed by atoms with Crippen LogP contribution in [-0.4, -0.2) is 39.9 Å². The lowest BCUT2D eigenvalue weighted by Gasteiger charge is -2.22. The summed E-state index contributed by atoms with van der Waals surface area (Å²) in [7, 11) is 1.66. The predicted molar refractivity (Wildman–Crippen MR) is 62.5 cm³/mol. The number of rotatable bonds is 5. The van der Waals surface area contributed by atoms with Gasteiger partial charge in [-0.15, -0.1) is 0 Å². The lowest BCUT2D eigenvalue weighted by molar-refractivity contribution is -0.136. The van der Waals surface area contributed by atoms with E-state index in [1.165, 1.54) is 22.0 Å². The van der Waals surface area contributed by atoms with Crippen molar-refractivity contribution in [3.8, 4) is 0 Å². The number of aromatic nitrogens is 2. The topological polar surface area (TPSA) is 38.1 Å². The molecule has 1 aromatic rings. The summed E-state index contributed by atoms with van der Waals surface area (Å²) in [6.07, 6.45) is -0.319. The Labute approximate surface area is 109 Å². The number of halogens is 3. The maximum absolute atomic E-state index is 12.3. The highest BCUT2D eigenvalue weighted by Gasteiger charge is 2.32. The van der Waals surface area contributed by atoms with Gasteiger partial charge in [0.25, 0.3) is 5.91 Å². The quantitative estimate of drug-likeness (QED) is 0.826. The molecule has 0 aliphatic heterocycles. The van der Waals surface area contributed by atoms with Crippen molar-refractivity contribution in [1.29, 1.82) is 0 Å². The molecular formula is C12H16F3N3O. The monoisotopic (exact) mass is 275 g/mol. The van der Waals surface area contributed by atoms with Crippen LogP contribution in [0.5, 0.6) is 0 Å². The molecule has 1 aliphatic carbocycles. The molecule has 4 nitrogen and oxygen atoms in total. The zero-order valence-corrected chi connectivity index (χ0v) is 10.7. The molecule has 106 valence electrons. The summed E-state index contributed by atoms with van der Waals surface area (Å²) in [4.78, 5) is 13.4. The van der Waals surface area contributed by atoms with Crippen LogP contribution in [0.25, 0.3) is 0 Å². The third-order valence-electron chi connectivity index (χ3n) is 3.08. The van der Waals surface area contributed by atoms with Gasteiger partial charge < -0.3 is 4.90 Å². The molecule has 0 spiro atoms. The van der Waals surface area contributed by atoms with Crippen molar-refractivity contribution in [1.82, 2.24) is 14.7 Å². The van der Waals surface area contributed by atoms with Gasteiger partial charge >= 0.3 is 6.18 Å². The van der Waals surface area contributed by atoms with Crippen LogP contribution in [0.3, 0.4) is 0 Å². The van der Waals surface area contributed by atoms with E-state index in [0.717, 1.165) is 12.8 Å². The van der Waals surface area contributed by atoms with Crippen molar-refractivity contribution < 1.29 is 18.0 Å². The van der Waals surface area contributed by atoms with Crippen LogP contribution in [-0.2, 0) is 7.05 Å². The minimum Gasteiger partial charge on any atom is -0.338 e. The van der Waals surface area contributed by atoms with Crippen molar-refractivity contribution in [3.63, 3.8) is 0 Å². The van der Waals surface area contributed by atoms with Gasteiger partial charge in [0.05, 0.1) is 18.2 Å². The van der Waals surface area contributed by atoms with E-state index in [1.54, 1.807) is 7.05 Å². The number of carbonyl (C=O) groups excluding carboxylic acids is 1. The van der Waals surface area contributed by atoms with Crippen molar-refractivity contribution in [2.24, 2.45) is 13.0 Å². The Bertz CT molecular complexity index is 451. The van der Waals surface area contributed by atoms with Gasteiger partial charge in [0.2, 0.25) is 0 Å². The molecule has 0 radical (unpaired) electrons. The van der Waals surface area contributed by atoms with Gasteiger partial charge in [-0.2, -0.15) is 18.3 Å². The van der Waals surface area contributed by atoms with E-state index < -0.39 is 12.6 Å². The third-order valence-corrected chi connectivity index (χ3v) is 3.08. The Morgan fingerprint density at radius 1 is 1.53 bits per heavy atom. The van der Waals surface area contributed by atoms with Gasteiger partial charge in [0.15, 0.2) is 0 Å². The molecular weight excluding hydrogens is 259 g/mol. The van der Waals surface area contributed by atoms with E-state index in [9.17, 15) is 18.0 Å². The second kappa shape index (κ2) is 5.22. The van der Waals surface area contributed by atoms with Crippen LogP contribution in [0.4, 0.5) is 13.2 Å². The van der Waals surface area contributed by atoms with Crippen LogP contribution in [0.2, 0.25) is 0 Å². The molecule has 0 saturated heterocycles. The zero-order valence-electron chi connectivity index (χ0n) is 10.7. The predicted octanol–water partition coefficient (Wildman–Crippen LogP) is 2.22. The molecule has 1 aliphatic rings. The Morgan fingerprint density at radius 3 is 2.68 bits per heavy atom. The molecule has 0 atom stereocenters. The van der Waals surface area contributed by atoms with Gasteiger partial charge in [0, 0.05) is 26.3 Å². The molecule has 0 N–H and O–H groups in total. The van der Waals surface area contributed by atoms with Crippen LogP contribution in [0.1, 0.15) is 29.6 Å². The highest BCUT2D eigenvalue weighted by molar-refractivity contribution is 5.93. The summed E-state index contributed by atoms with van der Waals surface area (Å²) < 4.78 is 38.3. The van der Waals surface area contributed by atoms with Crippen molar-refractivity contribution in [3.05, 3.63) is 18.0 Å². The Hall–Kier alpha value is -1.53. The number of hydrogen-bond acceptors (Lipinski definition) is 2. The minimum absolute atomic E-state index is 0.284. The molecule has 1 aromatic heterocycles. The Balaban J connectivity index is 2.01. The minimum atomic E-state index is -4.24. The first kappa shape index (κ1) is 13.9. The lowest BCUT2D eigenvalue weighted by Crippen LogP contribution is -2.35. The SMILES string of the molecule is Cn1cc(C(=O)N(CCC(F)(F)F)CC2CC2)cn1. The first-order chi connectivity index (χ1) is 8.85. The van der Waals surface area contributed by atoms with E-state index in [4.69, 9.17) is 0 Å². The van der Waals surface area contributed by atoms with Crippen molar-refractivity contribution in [2.45, 2.75) is 25.4 Å². The molecule has 1 amide bonds. The maximum Gasteiger partial charge on any atom is 0.390 e. The fourth-order valence-corrected chi connectivity index (χ4v) is 1.86. The third kappa shape index (κ3) is 4.25.